The van der Waals surface area contributed by atoms with Gasteiger partial charge in [0.25, 0.3) is 0 Å². The second-order valence-corrected chi connectivity index (χ2v) is 3.98. The summed E-state index contributed by atoms with van der Waals surface area (Å²) in [5.41, 5.74) is 0. The van der Waals surface area contributed by atoms with Crippen LogP contribution in [0.3, 0.4) is 0 Å². The van der Waals surface area contributed by atoms with Crippen molar-refractivity contribution in [1.29, 1.82) is 0 Å². The molecule has 1 saturated heterocycles. The number of hydrogen-bond acceptors (Lipinski definition) is 4. The summed E-state index contributed by atoms with van der Waals surface area (Å²) in [6, 6.07) is -0.0519. The Labute approximate surface area is 97.5 Å². The molecule has 1 unspecified atom stereocenters. The van der Waals surface area contributed by atoms with Crippen LogP contribution in [0.25, 0.3) is 0 Å². The molecule has 0 aromatic heterocycles. The van der Waals surface area contributed by atoms with E-state index in [0.29, 0.717) is 6.61 Å². The summed E-state index contributed by atoms with van der Waals surface area (Å²) >= 11 is 0. The van der Waals surface area contributed by atoms with Gasteiger partial charge in [0.05, 0.1) is 6.61 Å². The molecule has 5 heteroatoms. The normalized spacial score (nSPS) is 22.0. The van der Waals surface area contributed by atoms with Crippen LogP contribution < -0.4 is 10.6 Å². The number of hydrogen-bond donors (Lipinski definition) is 2. The lowest BCUT2D eigenvalue weighted by molar-refractivity contribution is -0.126. The minimum Gasteiger partial charge on any atom is -0.380 e. The third-order valence-electron chi connectivity index (χ3n) is 2.77. The number of likely N-dealkylation sites (N-methyl/N-ethyl adjacent to an activating group) is 1. The predicted octanol–water partition coefficient (Wildman–Crippen LogP) is -0.567. The van der Waals surface area contributed by atoms with Gasteiger partial charge in [-0.2, -0.15) is 0 Å². The van der Waals surface area contributed by atoms with Crippen molar-refractivity contribution < 1.29 is 9.53 Å². The Morgan fingerprint density at radius 1 is 1.56 bits per heavy atom. The SMILES string of the molecule is CCCOCCN1CCNCC1C(=O)NC. The molecule has 94 valence electrons. The van der Waals surface area contributed by atoms with Gasteiger partial charge in [-0.3, -0.25) is 9.69 Å². The van der Waals surface area contributed by atoms with Crippen molar-refractivity contribution in [1.82, 2.24) is 15.5 Å². The lowest BCUT2D eigenvalue weighted by atomic mass is 10.2. The number of amides is 1. The third-order valence-corrected chi connectivity index (χ3v) is 2.77. The molecule has 0 radical (unpaired) electrons. The van der Waals surface area contributed by atoms with E-state index >= 15 is 0 Å². The fourth-order valence-corrected chi connectivity index (χ4v) is 1.87. The van der Waals surface area contributed by atoms with E-state index in [-0.39, 0.29) is 11.9 Å². The van der Waals surface area contributed by atoms with E-state index in [1.807, 2.05) is 0 Å². The van der Waals surface area contributed by atoms with Crippen LogP contribution in [0.1, 0.15) is 13.3 Å². The average Bonchev–Trinajstić information content (AvgIpc) is 2.34. The third kappa shape index (κ3) is 4.08. The Bertz CT molecular complexity index is 211. The summed E-state index contributed by atoms with van der Waals surface area (Å²) in [5, 5.41) is 5.94. The molecule has 1 heterocycles. The van der Waals surface area contributed by atoms with Crippen LogP contribution >= 0.6 is 0 Å². The van der Waals surface area contributed by atoms with Crippen LogP contribution in [0.5, 0.6) is 0 Å². The van der Waals surface area contributed by atoms with Gasteiger partial charge in [-0.1, -0.05) is 6.92 Å². The summed E-state index contributed by atoms with van der Waals surface area (Å²) < 4.78 is 5.45. The molecule has 0 bridgehead atoms. The first-order valence-electron chi connectivity index (χ1n) is 6.03. The molecule has 0 aromatic rings. The Morgan fingerprint density at radius 2 is 2.38 bits per heavy atom. The molecular weight excluding hydrogens is 206 g/mol. The molecule has 0 saturated carbocycles. The molecule has 0 aromatic carbocycles. The summed E-state index contributed by atoms with van der Waals surface area (Å²) in [6.07, 6.45) is 1.04. The lowest BCUT2D eigenvalue weighted by Crippen LogP contribution is -2.58. The van der Waals surface area contributed by atoms with Crippen molar-refractivity contribution in [3.05, 3.63) is 0 Å². The number of rotatable bonds is 6. The maximum atomic E-state index is 11.6. The van der Waals surface area contributed by atoms with Crippen molar-refractivity contribution in [2.45, 2.75) is 19.4 Å². The highest BCUT2D eigenvalue weighted by Gasteiger charge is 2.27. The first-order valence-corrected chi connectivity index (χ1v) is 6.03. The monoisotopic (exact) mass is 229 g/mol. The molecule has 16 heavy (non-hydrogen) atoms. The molecular formula is C11H23N3O2. The average molecular weight is 229 g/mol. The Balaban J connectivity index is 2.32. The van der Waals surface area contributed by atoms with Gasteiger partial charge in [0.15, 0.2) is 0 Å². The van der Waals surface area contributed by atoms with Gasteiger partial charge in [0.1, 0.15) is 6.04 Å². The number of carbonyl (C=O) groups is 1. The van der Waals surface area contributed by atoms with Crippen LogP contribution in [0.2, 0.25) is 0 Å². The van der Waals surface area contributed by atoms with Crippen molar-refractivity contribution >= 4 is 5.91 Å². The highest BCUT2D eigenvalue weighted by Crippen LogP contribution is 2.03. The Hall–Kier alpha value is -0.650. The minimum absolute atomic E-state index is 0.0519. The molecule has 0 spiro atoms. The van der Waals surface area contributed by atoms with Crippen LogP contribution in [0.4, 0.5) is 0 Å². The highest BCUT2D eigenvalue weighted by molar-refractivity contribution is 5.81. The molecule has 1 rings (SSSR count). The molecule has 5 nitrogen and oxygen atoms in total. The zero-order chi connectivity index (χ0) is 11.8. The van der Waals surface area contributed by atoms with Gasteiger partial charge in [-0.25, -0.2) is 0 Å². The van der Waals surface area contributed by atoms with Crippen LogP contribution in [-0.4, -0.2) is 63.3 Å². The zero-order valence-electron chi connectivity index (χ0n) is 10.3. The van der Waals surface area contributed by atoms with Crippen molar-refractivity contribution in [3.8, 4) is 0 Å². The highest BCUT2D eigenvalue weighted by atomic mass is 16.5. The number of piperazine rings is 1. The number of ether oxygens (including phenoxy) is 1. The second kappa shape index (κ2) is 7.60. The van der Waals surface area contributed by atoms with E-state index in [4.69, 9.17) is 4.74 Å². The van der Waals surface area contributed by atoms with Crippen LogP contribution in [-0.2, 0) is 9.53 Å². The van der Waals surface area contributed by atoms with Gasteiger partial charge in [0.2, 0.25) is 5.91 Å². The number of nitrogens with zero attached hydrogens (tertiary/aromatic N) is 1. The first-order chi connectivity index (χ1) is 7.79. The molecule has 2 N–H and O–H groups in total. The van der Waals surface area contributed by atoms with Gasteiger partial charge in [0, 0.05) is 39.8 Å². The summed E-state index contributed by atoms with van der Waals surface area (Å²) in [5.74, 6) is 0.0858. The maximum absolute atomic E-state index is 11.6. The Kier molecular flexibility index (Phi) is 6.37. The maximum Gasteiger partial charge on any atom is 0.238 e. The molecule has 0 aliphatic carbocycles. The second-order valence-electron chi connectivity index (χ2n) is 3.98. The van der Waals surface area contributed by atoms with Crippen molar-refractivity contribution in [3.63, 3.8) is 0 Å². The van der Waals surface area contributed by atoms with Gasteiger partial charge in [-0.05, 0) is 6.42 Å². The van der Waals surface area contributed by atoms with E-state index in [1.54, 1.807) is 7.05 Å². The minimum atomic E-state index is -0.0519. The number of nitrogens with one attached hydrogen (secondary N) is 2. The summed E-state index contributed by atoms with van der Waals surface area (Å²) in [4.78, 5) is 13.8. The molecule has 1 atom stereocenters. The van der Waals surface area contributed by atoms with E-state index < -0.39 is 0 Å². The van der Waals surface area contributed by atoms with E-state index in [2.05, 4.69) is 22.5 Å². The molecule has 1 amide bonds. The zero-order valence-corrected chi connectivity index (χ0v) is 10.3. The first kappa shape index (κ1) is 13.4. The van der Waals surface area contributed by atoms with Gasteiger partial charge < -0.3 is 15.4 Å². The van der Waals surface area contributed by atoms with E-state index in [9.17, 15) is 4.79 Å². The topological polar surface area (TPSA) is 53.6 Å². The quantitative estimate of drug-likeness (QED) is 0.599. The number of carbonyl (C=O) groups excluding carboxylic acids is 1. The van der Waals surface area contributed by atoms with Gasteiger partial charge >= 0.3 is 0 Å². The summed E-state index contributed by atoms with van der Waals surface area (Å²) in [7, 11) is 1.68. The Morgan fingerprint density at radius 3 is 3.06 bits per heavy atom. The van der Waals surface area contributed by atoms with Gasteiger partial charge in [-0.15, -0.1) is 0 Å². The largest absolute Gasteiger partial charge is 0.380 e. The fraction of sp³-hybridized carbons (Fsp3) is 0.909. The summed E-state index contributed by atoms with van der Waals surface area (Å²) in [6.45, 7) is 7.03. The molecule has 1 aliphatic rings. The lowest BCUT2D eigenvalue weighted by Gasteiger charge is -2.34. The van der Waals surface area contributed by atoms with E-state index in [0.717, 1.165) is 39.2 Å². The van der Waals surface area contributed by atoms with E-state index in [1.165, 1.54) is 0 Å². The van der Waals surface area contributed by atoms with Crippen molar-refractivity contribution in [2.75, 3.05) is 46.4 Å². The predicted molar refractivity (Wildman–Crippen MR) is 63.4 cm³/mol. The van der Waals surface area contributed by atoms with Crippen LogP contribution in [0, 0.1) is 0 Å². The van der Waals surface area contributed by atoms with Crippen LogP contribution in [0.15, 0.2) is 0 Å². The fourth-order valence-electron chi connectivity index (χ4n) is 1.87. The molecule has 1 fully saturated rings. The smallest absolute Gasteiger partial charge is 0.238 e. The molecule has 1 aliphatic heterocycles. The van der Waals surface area contributed by atoms with Crippen molar-refractivity contribution in [2.24, 2.45) is 0 Å². The standard InChI is InChI=1S/C11H23N3O2/c1-3-7-16-8-6-14-5-4-13-9-10(14)11(15)12-2/h10,13H,3-9H2,1-2H3,(H,12,15).